The first kappa shape index (κ1) is 24.6. The summed E-state index contributed by atoms with van der Waals surface area (Å²) >= 11 is 0. The summed E-state index contributed by atoms with van der Waals surface area (Å²) in [6, 6.07) is 29.6. The largest absolute Gasteiger partial charge is 4.00 e. The maximum atomic E-state index is 3.72. The third-order valence-electron chi connectivity index (χ3n) is 3.11. The molecule has 0 radical (unpaired) electrons. The second kappa shape index (κ2) is 17.1. The number of benzene rings is 3. The summed E-state index contributed by atoms with van der Waals surface area (Å²) in [5.74, 6) is 0. The van der Waals surface area contributed by atoms with E-state index in [2.05, 4.69) is 32.9 Å². The van der Waals surface area contributed by atoms with Crippen molar-refractivity contribution in [3.63, 3.8) is 0 Å². The maximum absolute atomic E-state index is 3.72. The Bertz CT molecular complexity index is 630. The van der Waals surface area contributed by atoms with Gasteiger partial charge in [-0.3, -0.25) is 6.08 Å². The maximum Gasteiger partial charge on any atom is 4.00 e. The van der Waals surface area contributed by atoms with Crippen molar-refractivity contribution in [1.29, 1.82) is 0 Å². The average molecular weight is 517 g/mol. The zero-order chi connectivity index (χ0) is 18.9. The van der Waals surface area contributed by atoms with Crippen LogP contribution < -0.4 is 0 Å². The predicted octanol–water partition coefficient (Wildman–Crippen LogP) is 6.91. The second-order valence-corrected chi connectivity index (χ2v) is 5.46. The molecule has 0 aliphatic heterocycles. The van der Waals surface area contributed by atoms with Crippen LogP contribution in [-0.4, -0.2) is 0 Å². The molecule has 0 heterocycles. The van der Waals surface area contributed by atoms with Crippen molar-refractivity contribution in [2.75, 3.05) is 0 Å². The Morgan fingerprint density at radius 3 is 1.00 bits per heavy atom. The topological polar surface area (TPSA) is 0 Å². The van der Waals surface area contributed by atoms with Gasteiger partial charge in [-0.1, -0.05) is 18.2 Å². The molecule has 0 N–H and O–H groups in total. The van der Waals surface area contributed by atoms with Gasteiger partial charge in [0.1, 0.15) is 0 Å². The summed E-state index contributed by atoms with van der Waals surface area (Å²) < 4.78 is 0. The van der Waals surface area contributed by atoms with E-state index >= 15 is 0 Å². The summed E-state index contributed by atoms with van der Waals surface area (Å²) in [6.07, 6.45) is 10.0. The third-order valence-corrected chi connectivity index (χ3v) is 3.11. The van der Waals surface area contributed by atoms with Crippen LogP contribution >= 0.6 is 0 Å². The average Bonchev–Trinajstić information content (AvgIpc) is 3.25. The van der Waals surface area contributed by atoms with Gasteiger partial charge in [-0.15, -0.1) is 42.8 Å². The van der Waals surface area contributed by atoms with E-state index in [1.165, 1.54) is 0 Å². The monoisotopic (exact) mass is 518 g/mol. The van der Waals surface area contributed by atoms with Crippen molar-refractivity contribution in [3.05, 3.63) is 153 Å². The summed E-state index contributed by atoms with van der Waals surface area (Å²) in [5, 5.41) is 0. The molecule has 0 unspecified atom stereocenters. The van der Waals surface area contributed by atoms with Crippen LogP contribution in [0.2, 0.25) is 0 Å². The van der Waals surface area contributed by atoms with Gasteiger partial charge in [-0.2, -0.15) is 79.9 Å². The molecule has 0 saturated heterocycles. The van der Waals surface area contributed by atoms with E-state index in [9.17, 15) is 0 Å². The molecule has 1 heteroatoms. The van der Waals surface area contributed by atoms with Crippen molar-refractivity contribution in [2.24, 2.45) is 0 Å². The van der Waals surface area contributed by atoms with Gasteiger partial charge in [0, 0.05) is 0 Å². The number of hydrogen-bond acceptors (Lipinski definition) is 0. The molecule has 0 spiro atoms. The van der Waals surface area contributed by atoms with Crippen molar-refractivity contribution >= 4 is 0 Å². The Kier molecular flexibility index (Phi) is 15.6. The van der Waals surface area contributed by atoms with Crippen LogP contribution in [-0.2, 0) is 25.8 Å². The Morgan fingerprint density at radius 2 is 0.889 bits per heavy atom. The molecule has 3 aromatic rings. The summed E-state index contributed by atoms with van der Waals surface area (Å²) in [6.45, 7) is 11.2. The van der Waals surface area contributed by atoms with Crippen molar-refractivity contribution < 1.29 is 25.8 Å². The minimum Gasteiger partial charge on any atom is -0.273 e. The Morgan fingerprint density at radius 1 is 0.556 bits per heavy atom. The smallest absolute Gasteiger partial charge is 0.273 e. The van der Waals surface area contributed by atoms with Gasteiger partial charge in [0.15, 0.2) is 0 Å². The van der Waals surface area contributed by atoms with Crippen LogP contribution in [0.1, 0.15) is 23.1 Å². The van der Waals surface area contributed by atoms with Gasteiger partial charge >= 0.3 is 25.8 Å². The molecule has 0 fully saturated rings. The molecule has 0 nitrogen and oxygen atoms in total. The molecule has 0 saturated carbocycles. The second-order valence-electron chi connectivity index (χ2n) is 5.46. The summed E-state index contributed by atoms with van der Waals surface area (Å²) in [7, 11) is 0. The quantitative estimate of drug-likeness (QED) is 0.225. The fourth-order valence-electron chi connectivity index (χ4n) is 1.77. The molecule has 134 valence electrons. The van der Waals surface area contributed by atoms with Gasteiger partial charge in [0.2, 0.25) is 0 Å². The van der Waals surface area contributed by atoms with Gasteiger partial charge in [0.25, 0.3) is 0 Å². The van der Waals surface area contributed by atoms with E-state index in [-0.39, 0.29) is 25.8 Å². The fraction of sp³-hybridized carbons (Fsp3) is 0.0385. The molecular weight excluding hydrogens is 491 g/mol. The van der Waals surface area contributed by atoms with E-state index < -0.39 is 0 Å². The van der Waals surface area contributed by atoms with Crippen LogP contribution in [0.3, 0.4) is 0 Å². The zero-order valence-corrected chi connectivity index (χ0v) is 19.3. The van der Waals surface area contributed by atoms with Gasteiger partial charge < -0.3 is 0 Å². The summed E-state index contributed by atoms with van der Waals surface area (Å²) in [5.41, 5.74) is 3.22. The first-order chi connectivity index (χ1) is 12.7. The molecule has 4 rings (SSSR count). The number of rotatable bonds is 0. The molecule has 1 aliphatic rings. The Balaban J connectivity index is 0.000000332. The fourth-order valence-corrected chi connectivity index (χ4v) is 1.77. The van der Waals surface area contributed by atoms with Crippen LogP contribution in [0.5, 0.6) is 0 Å². The van der Waals surface area contributed by atoms with Crippen molar-refractivity contribution in [1.82, 2.24) is 0 Å². The van der Waals surface area contributed by atoms with E-state index in [0.29, 0.717) is 0 Å². The minimum absolute atomic E-state index is 0. The molecule has 3 aromatic carbocycles. The molecule has 1 aliphatic carbocycles. The van der Waals surface area contributed by atoms with Crippen LogP contribution in [0.4, 0.5) is 0 Å². The molecule has 0 bridgehead atoms. The van der Waals surface area contributed by atoms with Crippen molar-refractivity contribution in [3.8, 4) is 0 Å². The van der Waals surface area contributed by atoms with E-state index in [1.807, 2.05) is 103 Å². The normalized spacial score (nSPS) is 9.93. The van der Waals surface area contributed by atoms with Crippen molar-refractivity contribution in [2.45, 2.75) is 6.42 Å². The summed E-state index contributed by atoms with van der Waals surface area (Å²) in [4.78, 5) is 0. The van der Waals surface area contributed by atoms with Gasteiger partial charge in [-0.25, -0.2) is 12.2 Å². The van der Waals surface area contributed by atoms with Gasteiger partial charge in [0.05, 0.1) is 0 Å². The van der Waals surface area contributed by atoms with Crippen LogP contribution in [0, 0.1) is 26.8 Å². The Hall–Kier alpha value is -2.38. The molecule has 0 aromatic heterocycles. The first-order valence-corrected chi connectivity index (χ1v) is 8.51. The zero-order valence-electron chi connectivity index (χ0n) is 15.7. The van der Waals surface area contributed by atoms with E-state index in [1.54, 1.807) is 0 Å². The first-order valence-electron chi connectivity index (χ1n) is 8.51. The standard InChI is InChI=1S/3C7H7.C5H5.Hf/c3*1-7-5-3-2-4-6-7;1-2-4-5-3-1;/h3*2-6H,1H2;1-3H,4H2;/q4*-1;+4. The third kappa shape index (κ3) is 15.6. The number of allylic oxidation sites excluding steroid dienone is 4. The molecule has 0 atom stereocenters. The predicted molar refractivity (Wildman–Crippen MR) is 114 cm³/mol. The van der Waals surface area contributed by atoms with E-state index in [4.69, 9.17) is 0 Å². The SMILES string of the molecule is [C-]1=CC=CC1.[CH2-]c1ccccc1.[CH2-]c1ccccc1.[CH2-]c1ccccc1.[Hf+4]. The molecule has 0 amide bonds. The van der Waals surface area contributed by atoms with Gasteiger partial charge in [-0.05, 0) is 0 Å². The Labute approximate surface area is 184 Å². The van der Waals surface area contributed by atoms with Crippen LogP contribution in [0.15, 0.2) is 109 Å². The van der Waals surface area contributed by atoms with Crippen LogP contribution in [0.25, 0.3) is 0 Å². The van der Waals surface area contributed by atoms with E-state index in [0.717, 1.165) is 23.1 Å². The molecular formula is C26H26Hf. The minimum atomic E-state index is 0. The molecule has 27 heavy (non-hydrogen) atoms. The number of hydrogen-bond donors (Lipinski definition) is 0.